The summed E-state index contributed by atoms with van der Waals surface area (Å²) < 4.78 is 0. The average molecular weight is 435 g/mol. The van der Waals surface area contributed by atoms with Gasteiger partial charge in [0, 0.05) is 0 Å². The number of benzene rings is 6. The number of rotatable bonds is 3. The SMILES string of the molecule is Cc1ccccc1-c1c(C)ccc2ccc(-c3ccc4ccc(-c5ccccc5)cc4c3)cc12. The number of fused-ring (bicyclic) bond motifs is 2. The molecular formula is C34H26. The summed E-state index contributed by atoms with van der Waals surface area (Å²) >= 11 is 0. The van der Waals surface area contributed by atoms with Crippen LogP contribution in [-0.2, 0) is 0 Å². The van der Waals surface area contributed by atoms with Crippen LogP contribution < -0.4 is 0 Å². The molecule has 0 bridgehead atoms. The van der Waals surface area contributed by atoms with Gasteiger partial charge in [0.05, 0.1) is 0 Å². The van der Waals surface area contributed by atoms with E-state index >= 15 is 0 Å². The van der Waals surface area contributed by atoms with Crippen molar-refractivity contribution in [3.05, 3.63) is 132 Å². The number of aryl methyl sites for hydroxylation is 2. The lowest BCUT2D eigenvalue weighted by Crippen LogP contribution is -1.90. The largest absolute Gasteiger partial charge is 0.0622 e. The van der Waals surface area contributed by atoms with E-state index in [2.05, 4.69) is 135 Å². The van der Waals surface area contributed by atoms with Crippen LogP contribution in [0.3, 0.4) is 0 Å². The predicted octanol–water partition coefficient (Wildman–Crippen LogP) is 9.61. The molecule has 0 amide bonds. The van der Waals surface area contributed by atoms with E-state index in [0.29, 0.717) is 0 Å². The van der Waals surface area contributed by atoms with Crippen molar-refractivity contribution in [2.75, 3.05) is 0 Å². The van der Waals surface area contributed by atoms with E-state index in [1.54, 1.807) is 0 Å². The number of hydrogen-bond acceptors (Lipinski definition) is 0. The minimum absolute atomic E-state index is 1.25. The molecule has 6 rings (SSSR count). The van der Waals surface area contributed by atoms with Gasteiger partial charge in [-0.25, -0.2) is 0 Å². The zero-order chi connectivity index (χ0) is 23.1. The summed E-state index contributed by atoms with van der Waals surface area (Å²) in [6, 6.07) is 44.2. The molecule has 0 aliphatic rings. The van der Waals surface area contributed by atoms with Gasteiger partial charge in [0.1, 0.15) is 0 Å². The molecule has 0 saturated heterocycles. The van der Waals surface area contributed by atoms with Crippen molar-refractivity contribution in [1.82, 2.24) is 0 Å². The van der Waals surface area contributed by atoms with Crippen molar-refractivity contribution in [3.63, 3.8) is 0 Å². The van der Waals surface area contributed by atoms with Gasteiger partial charge in [0.15, 0.2) is 0 Å². The molecule has 0 fully saturated rings. The van der Waals surface area contributed by atoms with Crippen molar-refractivity contribution in [1.29, 1.82) is 0 Å². The second kappa shape index (κ2) is 8.32. The first-order chi connectivity index (χ1) is 16.7. The van der Waals surface area contributed by atoms with Crippen LogP contribution in [0.15, 0.2) is 121 Å². The first-order valence-electron chi connectivity index (χ1n) is 11.9. The Morgan fingerprint density at radius 3 is 1.71 bits per heavy atom. The molecule has 0 aromatic heterocycles. The Labute approximate surface area is 201 Å². The quantitative estimate of drug-likeness (QED) is 0.260. The Hall–Kier alpha value is -4.16. The van der Waals surface area contributed by atoms with Crippen molar-refractivity contribution in [2.45, 2.75) is 13.8 Å². The van der Waals surface area contributed by atoms with Crippen LogP contribution in [0.2, 0.25) is 0 Å². The Kier molecular flexibility index (Phi) is 5.00. The zero-order valence-corrected chi connectivity index (χ0v) is 19.5. The monoisotopic (exact) mass is 434 g/mol. The van der Waals surface area contributed by atoms with Crippen LogP contribution in [0, 0.1) is 13.8 Å². The lowest BCUT2D eigenvalue weighted by atomic mass is 9.89. The third kappa shape index (κ3) is 3.58. The maximum atomic E-state index is 2.37. The van der Waals surface area contributed by atoms with Crippen molar-refractivity contribution in [2.24, 2.45) is 0 Å². The highest BCUT2D eigenvalue weighted by Gasteiger charge is 2.11. The molecule has 0 spiro atoms. The molecule has 6 aromatic rings. The molecule has 162 valence electrons. The summed E-state index contributed by atoms with van der Waals surface area (Å²) in [6.07, 6.45) is 0. The van der Waals surface area contributed by atoms with Gasteiger partial charge in [0.2, 0.25) is 0 Å². The van der Waals surface area contributed by atoms with Crippen LogP contribution in [0.4, 0.5) is 0 Å². The van der Waals surface area contributed by atoms with Crippen molar-refractivity contribution < 1.29 is 0 Å². The van der Waals surface area contributed by atoms with Crippen LogP contribution in [0.5, 0.6) is 0 Å². The topological polar surface area (TPSA) is 0 Å². The Balaban J connectivity index is 1.51. The summed E-state index contributed by atoms with van der Waals surface area (Å²) in [6.45, 7) is 4.42. The summed E-state index contributed by atoms with van der Waals surface area (Å²) in [5, 5.41) is 5.12. The highest BCUT2D eigenvalue weighted by atomic mass is 14.2. The average Bonchev–Trinajstić information content (AvgIpc) is 2.89. The smallest absolute Gasteiger partial charge is 0.00732 e. The van der Waals surface area contributed by atoms with Gasteiger partial charge < -0.3 is 0 Å². The first kappa shape index (κ1) is 20.4. The van der Waals surface area contributed by atoms with Gasteiger partial charge in [-0.1, -0.05) is 103 Å². The van der Waals surface area contributed by atoms with E-state index in [4.69, 9.17) is 0 Å². The molecule has 0 atom stereocenters. The molecule has 0 unspecified atom stereocenters. The highest BCUT2D eigenvalue weighted by Crippen LogP contribution is 2.37. The Morgan fingerprint density at radius 2 is 0.971 bits per heavy atom. The molecule has 0 heterocycles. The molecular weight excluding hydrogens is 408 g/mol. The van der Waals surface area contributed by atoms with E-state index < -0.39 is 0 Å². The van der Waals surface area contributed by atoms with Crippen molar-refractivity contribution in [3.8, 4) is 33.4 Å². The van der Waals surface area contributed by atoms with Crippen molar-refractivity contribution >= 4 is 21.5 Å². The van der Waals surface area contributed by atoms with Gasteiger partial charge in [-0.05, 0) is 98.1 Å². The highest BCUT2D eigenvalue weighted by molar-refractivity contribution is 6.01. The van der Waals surface area contributed by atoms with E-state index in [-0.39, 0.29) is 0 Å². The maximum Gasteiger partial charge on any atom is -0.00732 e. The van der Waals surface area contributed by atoms with E-state index in [9.17, 15) is 0 Å². The van der Waals surface area contributed by atoms with Crippen LogP contribution in [0.1, 0.15) is 11.1 Å². The second-order valence-electron chi connectivity index (χ2n) is 9.15. The molecule has 0 aliphatic carbocycles. The lowest BCUT2D eigenvalue weighted by molar-refractivity contribution is 1.43. The third-order valence-corrected chi connectivity index (χ3v) is 6.92. The van der Waals surface area contributed by atoms with Gasteiger partial charge in [-0.15, -0.1) is 0 Å². The van der Waals surface area contributed by atoms with Gasteiger partial charge >= 0.3 is 0 Å². The van der Waals surface area contributed by atoms with Crippen LogP contribution >= 0.6 is 0 Å². The minimum Gasteiger partial charge on any atom is -0.0622 e. The third-order valence-electron chi connectivity index (χ3n) is 6.92. The second-order valence-corrected chi connectivity index (χ2v) is 9.15. The summed E-state index contributed by atoms with van der Waals surface area (Å²) in [4.78, 5) is 0. The summed E-state index contributed by atoms with van der Waals surface area (Å²) in [7, 11) is 0. The lowest BCUT2D eigenvalue weighted by Gasteiger charge is -2.15. The summed E-state index contributed by atoms with van der Waals surface area (Å²) in [5.41, 5.74) is 10.3. The molecule has 34 heavy (non-hydrogen) atoms. The van der Waals surface area contributed by atoms with Gasteiger partial charge in [-0.3, -0.25) is 0 Å². The maximum absolute atomic E-state index is 2.37. The normalized spacial score (nSPS) is 11.2. The Morgan fingerprint density at radius 1 is 0.382 bits per heavy atom. The fourth-order valence-electron chi connectivity index (χ4n) is 5.06. The fourth-order valence-corrected chi connectivity index (χ4v) is 5.06. The van der Waals surface area contributed by atoms with Crippen LogP contribution in [0.25, 0.3) is 54.9 Å². The molecule has 6 aromatic carbocycles. The Bertz CT molecular complexity index is 1660. The van der Waals surface area contributed by atoms with E-state index in [1.807, 2.05) is 0 Å². The molecule has 0 N–H and O–H groups in total. The predicted molar refractivity (Wildman–Crippen MR) is 147 cm³/mol. The molecule has 0 saturated carbocycles. The standard InChI is InChI=1S/C34H26/c1-23-8-6-7-11-32(23)34-24(2)12-13-27-16-19-30(22-33(27)34)29-18-15-26-14-17-28(20-31(26)21-29)25-9-4-3-5-10-25/h3-22H,1-2H3. The van der Waals surface area contributed by atoms with Gasteiger partial charge in [0.25, 0.3) is 0 Å². The number of hydrogen-bond donors (Lipinski definition) is 0. The summed E-state index contributed by atoms with van der Waals surface area (Å²) in [5.74, 6) is 0. The molecule has 0 radical (unpaired) electrons. The zero-order valence-electron chi connectivity index (χ0n) is 19.5. The first-order valence-corrected chi connectivity index (χ1v) is 11.9. The van der Waals surface area contributed by atoms with Gasteiger partial charge in [-0.2, -0.15) is 0 Å². The fraction of sp³-hybridized carbons (Fsp3) is 0.0588. The molecule has 0 heteroatoms. The van der Waals surface area contributed by atoms with E-state index in [1.165, 1.54) is 66.1 Å². The minimum atomic E-state index is 1.25. The van der Waals surface area contributed by atoms with Crippen LogP contribution in [-0.4, -0.2) is 0 Å². The molecule has 0 nitrogen and oxygen atoms in total. The van der Waals surface area contributed by atoms with E-state index in [0.717, 1.165) is 0 Å². The molecule has 0 aliphatic heterocycles.